The number of piperidine rings is 2. The number of benzene rings is 1. The van der Waals surface area contributed by atoms with E-state index in [1.807, 2.05) is 6.20 Å². The molecule has 3 aromatic rings. The molecule has 6 nitrogen and oxygen atoms in total. The fourth-order valence-corrected chi connectivity index (χ4v) is 5.23. The van der Waals surface area contributed by atoms with Crippen LogP contribution in [0.15, 0.2) is 36.7 Å². The van der Waals surface area contributed by atoms with Crippen LogP contribution in [-0.2, 0) is 0 Å². The Morgan fingerprint density at radius 2 is 1.97 bits per heavy atom. The van der Waals surface area contributed by atoms with Crippen molar-refractivity contribution in [1.29, 1.82) is 0 Å². The average molecular weight is 454 g/mol. The highest BCUT2D eigenvalue weighted by Crippen LogP contribution is 2.38. The van der Waals surface area contributed by atoms with E-state index in [4.69, 9.17) is 17.3 Å². The Bertz CT molecular complexity index is 1090. The largest absolute Gasteiger partial charge is 0.368 e. The van der Waals surface area contributed by atoms with Crippen LogP contribution >= 0.6 is 11.6 Å². The molecule has 0 amide bonds. The number of likely N-dealkylation sites (tertiary alicyclic amines) is 1. The van der Waals surface area contributed by atoms with Crippen LogP contribution < -0.4 is 11.1 Å². The summed E-state index contributed by atoms with van der Waals surface area (Å²) in [6, 6.07) is 7.98. The summed E-state index contributed by atoms with van der Waals surface area (Å²) >= 11 is 6.03. The first-order chi connectivity index (χ1) is 15.6. The van der Waals surface area contributed by atoms with E-state index in [9.17, 15) is 4.39 Å². The van der Waals surface area contributed by atoms with Crippen molar-refractivity contribution in [3.8, 4) is 22.4 Å². The third-order valence-corrected chi connectivity index (χ3v) is 6.93. The average Bonchev–Trinajstić information content (AvgIpc) is 3.32. The molecule has 2 aliphatic rings. The minimum absolute atomic E-state index is 0.0668. The second-order valence-corrected chi connectivity index (χ2v) is 8.99. The summed E-state index contributed by atoms with van der Waals surface area (Å²) in [6.45, 7) is 3.03. The first-order valence-electron chi connectivity index (χ1n) is 11.3. The number of nitrogens with one attached hydrogen (secondary N) is 1. The Balaban J connectivity index is 1.51. The monoisotopic (exact) mass is 453 g/mol. The van der Waals surface area contributed by atoms with Gasteiger partial charge in [-0.15, -0.1) is 0 Å². The zero-order valence-corrected chi connectivity index (χ0v) is 18.7. The second kappa shape index (κ2) is 9.17. The summed E-state index contributed by atoms with van der Waals surface area (Å²) < 4.78 is 14.8. The van der Waals surface area contributed by atoms with Gasteiger partial charge in [0.15, 0.2) is 0 Å². The Hall–Kier alpha value is -2.48. The lowest BCUT2D eigenvalue weighted by Gasteiger charge is -2.42. The van der Waals surface area contributed by atoms with Crippen LogP contribution in [0, 0.1) is 5.82 Å². The Morgan fingerprint density at radius 1 is 1.12 bits per heavy atom. The number of H-pyrrole nitrogens is 1. The molecular formula is C24H27ClFN6. The second-order valence-electron chi connectivity index (χ2n) is 8.59. The Morgan fingerprint density at radius 3 is 2.81 bits per heavy atom. The lowest BCUT2D eigenvalue weighted by molar-refractivity contribution is 0.0735. The standard InChI is InChI=1S/C24H27ClFN6/c25-19-5-3-4-17(22(19)26)18-14-30-24(27)31-23(18)15-12-20(29-13-15)21-6-1-2-11-32(21)16-7-9-28-10-8-16/h3-5,12-14,16,21,29H,1-2,6-11H2,(H2,27,30,31). The van der Waals surface area contributed by atoms with E-state index >= 15 is 0 Å². The van der Waals surface area contributed by atoms with Crippen molar-refractivity contribution >= 4 is 17.5 Å². The first kappa shape index (κ1) is 21.4. The molecule has 1 aromatic carbocycles. The maximum atomic E-state index is 14.8. The van der Waals surface area contributed by atoms with Crippen LogP contribution in [0.25, 0.3) is 22.4 Å². The SMILES string of the molecule is Nc1ncc(-c2cccc(Cl)c2F)c(-c2c[nH]c(C3CCCCN3C3CC[N]CC3)c2)n1. The van der Waals surface area contributed by atoms with Gasteiger partial charge in [-0.1, -0.05) is 30.2 Å². The van der Waals surface area contributed by atoms with Crippen molar-refractivity contribution in [3.63, 3.8) is 0 Å². The third-order valence-electron chi connectivity index (χ3n) is 6.64. The van der Waals surface area contributed by atoms with Gasteiger partial charge in [0.2, 0.25) is 5.95 Å². The van der Waals surface area contributed by atoms with E-state index < -0.39 is 5.82 Å². The molecule has 0 saturated carbocycles. The normalized spacial score (nSPS) is 20.5. The van der Waals surface area contributed by atoms with Gasteiger partial charge in [0, 0.05) is 53.9 Å². The Kier molecular flexibility index (Phi) is 6.13. The van der Waals surface area contributed by atoms with Crippen molar-refractivity contribution in [2.75, 3.05) is 25.4 Å². The molecule has 1 radical (unpaired) electrons. The Labute approximate surface area is 192 Å². The van der Waals surface area contributed by atoms with Crippen LogP contribution in [0.4, 0.5) is 10.3 Å². The number of hydrogen-bond acceptors (Lipinski definition) is 4. The quantitative estimate of drug-likeness (QED) is 0.593. The van der Waals surface area contributed by atoms with Gasteiger partial charge in [0.05, 0.1) is 16.8 Å². The molecule has 5 rings (SSSR count). The predicted octanol–water partition coefficient (Wildman–Crippen LogP) is 4.81. The summed E-state index contributed by atoms with van der Waals surface area (Å²) in [6.07, 6.45) is 9.33. The molecule has 0 spiro atoms. The number of nitrogens with zero attached hydrogens (tertiary/aromatic N) is 4. The predicted molar refractivity (Wildman–Crippen MR) is 125 cm³/mol. The number of aromatic nitrogens is 3. The fraction of sp³-hybridized carbons (Fsp3) is 0.417. The molecule has 2 fully saturated rings. The van der Waals surface area contributed by atoms with E-state index in [-0.39, 0.29) is 11.0 Å². The molecule has 1 atom stereocenters. The lowest BCUT2D eigenvalue weighted by Crippen LogP contribution is -2.45. The number of aromatic amines is 1. The minimum atomic E-state index is -0.485. The van der Waals surface area contributed by atoms with Gasteiger partial charge < -0.3 is 10.7 Å². The highest BCUT2D eigenvalue weighted by atomic mass is 35.5. The first-order valence-corrected chi connectivity index (χ1v) is 11.6. The highest BCUT2D eigenvalue weighted by molar-refractivity contribution is 6.31. The molecule has 4 heterocycles. The van der Waals surface area contributed by atoms with Crippen LogP contribution in [0.5, 0.6) is 0 Å². The molecule has 167 valence electrons. The van der Waals surface area contributed by atoms with Gasteiger partial charge in [0.1, 0.15) is 5.82 Å². The van der Waals surface area contributed by atoms with Crippen LogP contribution in [0.3, 0.4) is 0 Å². The van der Waals surface area contributed by atoms with E-state index in [1.54, 1.807) is 18.3 Å². The number of anilines is 1. The molecule has 8 heteroatoms. The minimum Gasteiger partial charge on any atom is -0.368 e. The number of nitrogens with two attached hydrogens (primary N) is 1. The highest BCUT2D eigenvalue weighted by Gasteiger charge is 2.32. The number of halogens is 2. The van der Waals surface area contributed by atoms with Gasteiger partial charge in [-0.3, -0.25) is 4.90 Å². The van der Waals surface area contributed by atoms with Gasteiger partial charge in [-0.05, 0) is 44.4 Å². The maximum Gasteiger partial charge on any atom is 0.220 e. The molecule has 0 aliphatic carbocycles. The summed E-state index contributed by atoms with van der Waals surface area (Å²) in [4.78, 5) is 14.7. The molecule has 2 saturated heterocycles. The number of nitrogen functional groups attached to an aromatic ring is 1. The van der Waals surface area contributed by atoms with Gasteiger partial charge in [0.25, 0.3) is 0 Å². The molecule has 2 aliphatic heterocycles. The molecule has 3 N–H and O–H groups in total. The van der Waals surface area contributed by atoms with Crippen molar-refractivity contribution in [1.82, 2.24) is 25.2 Å². The molecular weight excluding hydrogens is 427 g/mol. The number of rotatable bonds is 4. The topological polar surface area (TPSA) is 84.9 Å². The van der Waals surface area contributed by atoms with Crippen molar-refractivity contribution < 1.29 is 4.39 Å². The molecule has 1 unspecified atom stereocenters. The van der Waals surface area contributed by atoms with E-state index in [2.05, 4.69) is 31.2 Å². The van der Waals surface area contributed by atoms with Gasteiger partial charge >= 0.3 is 0 Å². The van der Waals surface area contributed by atoms with E-state index in [1.165, 1.54) is 18.9 Å². The molecule has 2 aromatic heterocycles. The van der Waals surface area contributed by atoms with Crippen molar-refractivity contribution in [3.05, 3.63) is 53.2 Å². The van der Waals surface area contributed by atoms with Crippen LogP contribution in [-0.4, -0.2) is 45.5 Å². The van der Waals surface area contributed by atoms with E-state index in [0.29, 0.717) is 28.9 Å². The van der Waals surface area contributed by atoms with Crippen LogP contribution in [0.2, 0.25) is 5.02 Å². The third kappa shape index (κ3) is 4.12. The fourth-order valence-electron chi connectivity index (χ4n) is 5.06. The van der Waals surface area contributed by atoms with Crippen LogP contribution in [0.1, 0.15) is 43.8 Å². The van der Waals surface area contributed by atoms with Crippen molar-refractivity contribution in [2.24, 2.45) is 0 Å². The summed E-state index contributed by atoms with van der Waals surface area (Å²) in [7, 11) is 0. The summed E-state index contributed by atoms with van der Waals surface area (Å²) in [5.74, 6) is -0.333. The maximum absolute atomic E-state index is 14.8. The van der Waals surface area contributed by atoms with Gasteiger partial charge in [-0.2, -0.15) is 0 Å². The molecule has 32 heavy (non-hydrogen) atoms. The number of hydrogen-bond donors (Lipinski definition) is 2. The van der Waals surface area contributed by atoms with Crippen molar-refractivity contribution in [2.45, 2.75) is 44.2 Å². The summed E-state index contributed by atoms with van der Waals surface area (Å²) in [5.41, 5.74) is 9.47. The lowest BCUT2D eigenvalue weighted by atomic mass is 9.93. The smallest absolute Gasteiger partial charge is 0.220 e. The van der Waals surface area contributed by atoms with Gasteiger partial charge in [-0.25, -0.2) is 19.7 Å². The zero-order valence-electron chi connectivity index (χ0n) is 17.9. The summed E-state index contributed by atoms with van der Waals surface area (Å²) in [5, 5.41) is 4.59. The van der Waals surface area contributed by atoms with E-state index in [0.717, 1.165) is 50.2 Å². The molecule has 0 bridgehead atoms. The zero-order chi connectivity index (χ0) is 22.1.